The Bertz CT molecular complexity index is 1010. The highest BCUT2D eigenvalue weighted by Crippen LogP contribution is 2.39. The van der Waals surface area contributed by atoms with Gasteiger partial charge in [0.1, 0.15) is 10.6 Å². The van der Waals surface area contributed by atoms with E-state index >= 15 is 0 Å². The van der Waals surface area contributed by atoms with Crippen molar-refractivity contribution in [3.8, 4) is 5.75 Å². The summed E-state index contributed by atoms with van der Waals surface area (Å²) in [5.74, 6) is -1.49. The molecule has 0 spiro atoms. The minimum absolute atomic E-state index is 0.0198. The van der Waals surface area contributed by atoms with E-state index in [9.17, 15) is 27.7 Å². The van der Waals surface area contributed by atoms with Gasteiger partial charge in [0.25, 0.3) is 10.1 Å². The quantitative estimate of drug-likeness (QED) is 0.420. The molecule has 2 aromatic carbocycles. The number of hydrogen-bond acceptors (Lipinski definition) is 6. The summed E-state index contributed by atoms with van der Waals surface area (Å²) in [5.41, 5.74) is 4.77. The smallest absolute Gasteiger partial charge is 0.296 e. The summed E-state index contributed by atoms with van der Waals surface area (Å²) in [4.78, 5) is 24.5. The Morgan fingerprint density at radius 1 is 1.00 bits per heavy atom. The number of ketones is 2. The molecule has 0 amide bonds. The highest BCUT2D eigenvalue weighted by atomic mass is 79.9. The number of anilines is 1. The normalized spacial score (nSPS) is 13.7. The third-order valence-electron chi connectivity index (χ3n) is 3.51. The van der Waals surface area contributed by atoms with Crippen molar-refractivity contribution in [2.45, 2.75) is 4.90 Å². The average molecular weight is 398 g/mol. The standard InChI is InChI=1S/C14H8BrNO6S/c15-8-4-9(23(20,21)22)12(16)11-10(8)13(18)6-2-1-5(17)3-7(6)14(11)19/h1-4,17H,16H2,(H,20,21,22). The topological polar surface area (TPSA) is 135 Å². The van der Waals surface area contributed by atoms with E-state index in [0.717, 1.165) is 12.1 Å². The number of aromatic hydroxyl groups is 1. The maximum atomic E-state index is 12.6. The number of nitrogen functional groups attached to an aromatic ring is 1. The molecule has 4 N–H and O–H groups in total. The van der Waals surface area contributed by atoms with Gasteiger partial charge in [-0.15, -0.1) is 0 Å². The van der Waals surface area contributed by atoms with E-state index in [1.807, 2.05) is 0 Å². The van der Waals surface area contributed by atoms with E-state index in [1.165, 1.54) is 12.1 Å². The summed E-state index contributed by atoms with van der Waals surface area (Å²) < 4.78 is 32.0. The highest BCUT2D eigenvalue weighted by molar-refractivity contribution is 9.10. The van der Waals surface area contributed by atoms with Crippen LogP contribution >= 0.6 is 15.9 Å². The highest BCUT2D eigenvalue weighted by Gasteiger charge is 2.36. The van der Waals surface area contributed by atoms with Crippen molar-refractivity contribution < 1.29 is 27.7 Å². The molecule has 0 unspecified atom stereocenters. The van der Waals surface area contributed by atoms with E-state index in [-0.39, 0.29) is 32.5 Å². The summed E-state index contributed by atoms with van der Waals surface area (Å²) in [5, 5.41) is 9.51. The second-order valence-electron chi connectivity index (χ2n) is 4.88. The molecule has 0 aromatic heterocycles. The first-order valence-electron chi connectivity index (χ1n) is 6.14. The van der Waals surface area contributed by atoms with Gasteiger partial charge in [0.2, 0.25) is 0 Å². The lowest BCUT2D eigenvalue weighted by Crippen LogP contribution is -2.24. The number of fused-ring (bicyclic) bond motifs is 2. The predicted octanol–water partition coefficient (Wildman–Crippen LogP) is 1.76. The number of nitrogens with two attached hydrogens (primary N) is 1. The summed E-state index contributed by atoms with van der Waals surface area (Å²) in [6.07, 6.45) is 0. The van der Waals surface area contributed by atoms with Gasteiger partial charge in [-0.3, -0.25) is 14.1 Å². The molecule has 3 rings (SSSR count). The first-order valence-corrected chi connectivity index (χ1v) is 8.38. The van der Waals surface area contributed by atoms with Gasteiger partial charge < -0.3 is 10.8 Å². The van der Waals surface area contributed by atoms with Crippen LogP contribution in [0, 0.1) is 0 Å². The summed E-state index contributed by atoms with van der Waals surface area (Å²) in [6, 6.07) is 4.64. The van der Waals surface area contributed by atoms with Crippen LogP contribution < -0.4 is 5.73 Å². The largest absolute Gasteiger partial charge is 0.508 e. The fourth-order valence-electron chi connectivity index (χ4n) is 2.50. The van der Waals surface area contributed by atoms with E-state index in [0.29, 0.717) is 0 Å². The number of carbonyl (C=O) groups is 2. The Morgan fingerprint density at radius 3 is 2.22 bits per heavy atom. The van der Waals surface area contributed by atoms with Crippen molar-refractivity contribution >= 4 is 43.3 Å². The second kappa shape index (κ2) is 4.88. The van der Waals surface area contributed by atoms with Gasteiger partial charge in [-0.05, 0) is 40.2 Å². The van der Waals surface area contributed by atoms with Crippen molar-refractivity contribution in [2.75, 3.05) is 5.73 Å². The zero-order valence-electron chi connectivity index (χ0n) is 11.2. The Balaban J connectivity index is 2.43. The molecule has 9 heteroatoms. The van der Waals surface area contributed by atoms with Crippen LogP contribution in [-0.2, 0) is 10.1 Å². The fraction of sp³-hybridized carbons (Fsp3) is 0. The molecule has 0 saturated heterocycles. The molecular formula is C14H8BrNO6S. The third-order valence-corrected chi connectivity index (χ3v) is 5.02. The van der Waals surface area contributed by atoms with E-state index in [4.69, 9.17) is 5.73 Å². The number of halogens is 1. The van der Waals surface area contributed by atoms with Gasteiger partial charge in [0, 0.05) is 15.6 Å². The van der Waals surface area contributed by atoms with Crippen LogP contribution in [0.4, 0.5) is 5.69 Å². The molecule has 1 aliphatic rings. The molecule has 0 heterocycles. The Hall–Kier alpha value is -2.23. The number of phenolic OH excluding ortho intramolecular Hbond substituents is 1. The van der Waals surface area contributed by atoms with Crippen molar-refractivity contribution in [1.29, 1.82) is 0 Å². The monoisotopic (exact) mass is 397 g/mol. The minimum atomic E-state index is -4.68. The van der Waals surface area contributed by atoms with Gasteiger partial charge in [0.05, 0.1) is 16.8 Å². The number of phenols is 1. The van der Waals surface area contributed by atoms with Crippen molar-refractivity contribution in [3.05, 3.63) is 51.0 Å². The lowest BCUT2D eigenvalue weighted by atomic mass is 9.83. The molecule has 0 fully saturated rings. The molecule has 1 aliphatic carbocycles. The summed E-state index contributed by atoms with van der Waals surface area (Å²) in [6.45, 7) is 0. The number of benzene rings is 2. The molecular weight excluding hydrogens is 390 g/mol. The summed E-state index contributed by atoms with van der Waals surface area (Å²) >= 11 is 3.04. The lowest BCUT2D eigenvalue weighted by Gasteiger charge is -2.21. The molecule has 118 valence electrons. The molecule has 23 heavy (non-hydrogen) atoms. The van der Waals surface area contributed by atoms with Crippen molar-refractivity contribution in [3.63, 3.8) is 0 Å². The second-order valence-corrected chi connectivity index (χ2v) is 7.13. The van der Waals surface area contributed by atoms with Crippen LogP contribution in [-0.4, -0.2) is 29.6 Å². The molecule has 0 bridgehead atoms. The van der Waals surface area contributed by atoms with Gasteiger partial charge in [-0.2, -0.15) is 8.42 Å². The van der Waals surface area contributed by atoms with E-state index in [2.05, 4.69) is 15.9 Å². The van der Waals surface area contributed by atoms with Gasteiger partial charge in [0.15, 0.2) is 11.6 Å². The van der Waals surface area contributed by atoms with Crippen LogP contribution in [0.2, 0.25) is 0 Å². The molecule has 2 aromatic rings. The maximum Gasteiger partial charge on any atom is 0.296 e. The van der Waals surface area contributed by atoms with Crippen LogP contribution in [0.15, 0.2) is 33.6 Å². The summed E-state index contributed by atoms with van der Waals surface area (Å²) in [7, 11) is -4.68. The van der Waals surface area contributed by atoms with Crippen molar-refractivity contribution in [1.82, 2.24) is 0 Å². The van der Waals surface area contributed by atoms with Gasteiger partial charge >= 0.3 is 0 Å². The Kier molecular flexibility index (Phi) is 3.32. The van der Waals surface area contributed by atoms with Gasteiger partial charge in [-0.1, -0.05) is 0 Å². The molecule has 0 radical (unpaired) electrons. The molecule has 0 aliphatic heterocycles. The SMILES string of the molecule is Nc1c(S(=O)(=O)O)cc(Br)c2c1C(=O)c1cc(O)ccc1C2=O. The third kappa shape index (κ3) is 2.24. The first-order chi connectivity index (χ1) is 10.6. The van der Waals surface area contributed by atoms with Crippen molar-refractivity contribution in [2.24, 2.45) is 0 Å². The maximum absolute atomic E-state index is 12.6. The molecule has 7 nitrogen and oxygen atoms in total. The number of hydrogen-bond donors (Lipinski definition) is 3. The fourth-order valence-corrected chi connectivity index (χ4v) is 3.91. The lowest BCUT2D eigenvalue weighted by molar-refractivity contribution is 0.0978. The minimum Gasteiger partial charge on any atom is -0.508 e. The van der Waals surface area contributed by atoms with Crippen LogP contribution in [0.25, 0.3) is 0 Å². The molecule has 0 atom stereocenters. The van der Waals surface area contributed by atoms with E-state index < -0.39 is 32.3 Å². The number of carbonyl (C=O) groups excluding carboxylic acids is 2. The zero-order valence-corrected chi connectivity index (χ0v) is 13.6. The van der Waals surface area contributed by atoms with Crippen LogP contribution in [0.3, 0.4) is 0 Å². The predicted molar refractivity (Wildman–Crippen MR) is 83.3 cm³/mol. The molecule has 0 saturated carbocycles. The zero-order chi connectivity index (χ0) is 17.1. The first kappa shape index (κ1) is 15.7. The van der Waals surface area contributed by atoms with Gasteiger partial charge in [-0.25, -0.2) is 0 Å². The van der Waals surface area contributed by atoms with Crippen LogP contribution in [0.5, 0.6) is 5.75 Å². The van der Waals surface area contributed by atoms with Crippen LogP contribution in [0.1, 0.15) is 31.8 Å². The average Bonchev–Trinajstić information content (AvgIpc) is 2.45. The number of rotatable bonds is 1. The Morgan fingerprint density at radius 2 is 1.61 bits per heavy atom. The van der Waals surface area contributed by atoms with E-state index in [1.54, 1.807) is 0 Å². The Labute approximate surface area is 138 Å².